The predicted molar refractivity (Wildman–Crippen MR) is 63.4 cm³/mol. The number of rotatable bonds is 3. The maximum atomic E-state index is 12.1. The molecule has 0 bridgehead atoms. The van der Waals surface area contributed by atoms with Gasteiger partial charge in [0.15, 0.2) is 5.78 Å². The zero-order valence-corrected chi connectivity index (χ0v) is 9.32. The highest BCUT2D eigenvalue weighted by Crippen LogP contribution is 2.35. The molecule has 0 aliphatic carbocycles. The molecule has 0 radical (unpaired) electrons. The number of benzene rings is 1. The summed E-state index contributed by atoms with van der Waals surface area (Å²) in [7, 11) is 0. The van der Waals surface area contributed by atoms with E-state index in [1.165, 1.54) is 6.08 Å². The minimum Gasteiger partial charge on any atom is -0.381 e. The van der Waals surface area contributed by atoms with Crippen molar-refractivity contribution in [3.05, 3.63) is 48.6 Å². The number of carbonyl (C=O) groups excluding carboxylic acids is 1. The summed E-state index contributed by atoms with van der Waals surface area (Å²) in [5.41, 5.74) is 0.685. The third-order valence-corrected chi connectivity index (χ3v) is 3.33. The van der Waals surface area contributed by atoms with Crippen molar-refractivity contribution in [3.63, 3.8) is 0 Å². The molecule has 1 aromatic carbocycles. The lowest BCUT2D eigenvalue weighted by atomic mass is 9.71. The van der Waals surface area contributed by atoms with Crippen molar-refractivity contribution in [1.82, 2.24) is 0 Å². The molecule has 0 N–H and O–H groups in total. The molecular weight excluding hydrogens is 200 g/mol. The first-order chi connectivity index (χ1) is 7.79. The molecule has 1 aliphatic rings. The Morgan fingerprint density at radius 3 is 2.44 bits per heavy atom. The van der Waals surface area contributed by atoms with E-state index in [4.69, 9.17) is 4.74 Å². The molecule has 16 heavy (non-hydrogen) atoms. The van der Waals surface area contributed by atoms with Crippen molar-refractivity contribution < 1.29 is 9.53 Å². The van der Waals surface area contributed by atoms with Crippen molar-refractivity contribution in [2.75, 3.05) is 13.2 Å². The fraction of sp³-hybridized carbons (Fsp3) is 0.357. The highest BCUT2D eigenvalue weighted by molar-refractivity contribution is 5.98. The SMILES string of the molecule is C=CC(=O)C1(c2ccccc2)CCOCC1. The Morgan fingerprint density at radius 1 is 1.25 bits per heavy atom. The third kappa shape index (κ3) is 1.81. The third-order valence-electron chi connectivity index (χ3n) is 3.33. The van der Waals surface area contributed by atoms with Crippen LogP contribution in [0.5, 0.6) is 0 Å². The standard InChI is InChI=1S/C14H16O2/c1-2-13(15)14(8-10-16-11-9-14)12-6-4-3-5-7-12/h2-7H,1,8-11H2. The van der Waals surface area contributed by atoms with Gasteiger partial charge in [0.25, 0.3) is 0 Å². The summed E-state index contributed by atoms with van der Waals surface area (Å²) in [5.74, 6) is 0.113. The van der Waals surface area contributed by atoms with Crippen LogP contribution in [0, 0.1) is 0 Å². The Hall–Kier alpha value is -1.41. The second-order valence-electron chi connectivity index (χ2n) is 4.13. The highest BCUT2D eigenvalue weighted by atomic mass is 16.5. The van der Waals surface area contributed by atoms with Crippen LogP contribution in [0.4, 0.5) is 0 Å². The van der Waals surface area contributed by atoms with Crippen molar-refractivity contribution >= 4 is 5.78 Å². The van der Waals surface area contributed by atoms with E-state index < -0.39 is 5.41 Å². The van der Waals surface area contributed by atoms with Gasteiger partial charge in [0.2, 0.25) is 0 Å². The lowest BCUT2D eigenvalue weighted by molar-refractivity contribution is -0.123. The lowest BCUT2D eigenvalue weighted by Gasteiger charge is -2.35. The number of ether oxygens (including phenoxy) is 1. The molecule has 2 rings (SSSR count). The lowest BCUT2D eigenvalue weighted by Crippen LogP contribution is -2.40. The van der Waals surface area contributed by atoms with Crippen LogP contribution in [0.15, 0.2) is 43.0 Å². The van der Waals surface area contributed by atoms with Crippen molar-refractivity contribution in [3.8, 4) is 0 Å². The first-order valence-electron chi connectivity index (χ1n) is 5.60. The number of ketones is 1. The van der Waals surface area contributed by atoms with Crippen LogP contribution in [0.1, 0.15) is 18.4 Å². The molecule has 1 aliphatic heterocycles. The van der Waals surface area contributed by atoms with Crippen molar-refractivity contribution in [1.29, 1.82) is 0 Å². The van der Waals surface area contributed by atoms with Gasteiger partial charge < -0.3 is 4.74 Å². The van der Waals surface area contributed by atoms with Crippen LogP contribution >= 0.6 is 0 Å². The van der Waals surface area contributed by atoms with Crippen molar-refractivity contribution in [2.24, 2.45) is 0 Å². The molecular formula is C14H16O2. The van der Waals surface area contributed by atoms with Gasteiger partial charge in [0.1, 0.15) is 0 Å². The molecule has 1 aromatic rings. The molecule has 0 amide bonds. The second kappa shape index (κ2) is 4.62. The molecule has 0 atom stereocenters. The van der Waals surface area contributed by atoms with Gasteiger partial charge in [-0.15, -0.1) is 0 Å². The molecule has 2 heteroatoms. The minimum atomic E-state index is -0.402. The quantitative estimate of drug-likeness (QED) is 0.726. The van der Waals surface area contributed by atoms with E-state index >= 15 is 0 Å². The molecule has 0 saturated carbocycles. The van der Waals surface area contributed by atoms with Crippen LogP contribution in [-0.4, -0.2) is 19.0 Å². The van der Waals surface area contributed by atoms with Crippen LogP contribution < -0.4 is 0 Å². The number of allylic oxidation sites excluding steroid dienone is 1. The molecule has 1 heterocycles. The fourth-order valence-electron chi connectivity index (χ4n) is 2.35. The van der Waals surface area contributed by atoms with Gasteiger partial charge in [-0.2, -0.15) is 0 Å². The van der Waals surface area contributed by atoms with Crippen molar-refractivity contribution in [2.45, 2.75) is 18.3 Å². The van der Waals surface area contributed by atoms with Gasteiger partial charge in [-0.25, -0.2) is 0 Å². The second-order valence-corrected chi connectivity index (χ2v) is 4.13. The van der Waals surface area contributed by atoms with E-state index in [0.717, 1.165) is 18.4 Å². The highest BCUT2D eigenvalue weighted by Gasteiger charge is 2.39. The zero-order valence-electron chi connectivity index (χ0n) is 9.32. The topological polar surface area (TPSA) is 26.3 Å². The van der Waals surface area contributed by atoms with Gasteiger partial charge in [0.05, 0.1) is 5.41 Å². The fourth-order valence-corrected chi connectivity index (χ4v) is 2.35. The average Bonchev–Trinajstić information content (AvgIpc) is 2.39. The van der Waals surface area contributed by atoms with Crippen LogP contribution in [0.2, 0.25) is 0 Å². The predicted octanol–water partition coefficient (Wildman–Crippen LogP) is 2.49. The van der Waals surface area contributed by atoms with E-state index in [9.17, 15) is 4.79 Å². The molecule has 0 aromatic heterocycles. The summed E-state index contributed by atoms with van der Waals surface area (Å²) in [6.45, 7) is 4.91. The van der Waals surface area contributed by atoms with Gasteiger partial charge >= 0.3 is 0 Å². The average molecular weight is 216 g/mol. The monoisotopic (exact) mass is 216 g/mol. The van der Waals surface area contributed by atoms with E-state index in [2.05, 4.69) is 6.58 Å². The minimum absolute atomic E-state index is 0.113. The maximum absolute atomic E-state index is 12.1. The Bertz CT molecular complexity index is 375. The number of hydrogen-bond donors (Lipinski definition) is 0. The summed E-state index contributed by atoms with van der Waals surface area (Å²) in [4.78, 5) is 12.1. The smallest absolute Gasteiger partial charge is 0.165 e. The molecule has 0 spiro atoms. The van der Waals surface area contributed by atoms with E-state index in [0.29, 0.717) is 13.2 Å². The van der Waals surface area contributed by atoms with Crippen LogP contribution in [-0.2, 0) is 14.9 Å². The van der Waals surface area contributed by atoms with Gasteiger partial charge in [-0.1, -0.05) is 36.9 Å². The zero-order chi connectivity index (χ0) is 11.4. The summed E-state index contributed by atoms with van der Waals surface area (Å²) in [6.07, 6.45) is 2.95. The Balaban J connectivity index is 2.41. The Morgan fingerprint density at radius 2 is 1.88 bits per heavy atom. The molecule has 84 valence electrons. The maximum Gasteiger partial charge on any atom is 0.165 e. The van der Waals surface area contributed by atoms with E-state index in [1.54, 1.807) is 0 Å². The van der Waals surface area contributed by atoms with Gasteiger partial charge in [-0.05, 0) is 24.5 Å². The normalized spacial score (nSPS) is 19.0. The first-order valence-corrected chi connectivity index (χ1v) is 5.60. The van der Waals surface area contributed by atoms with E-state index in [1.807, 2.05) is 30.3 Å². The largest absolute Gasteiger partial charge is 0.381 e. The number of hydrogen-bond acceptors (Lipinski definition) is 2. The van der Waals surface area contributed by atoms with Crippen LogP contribution in [0.25, 0.3) is 0 Å². The Labute approximate surface area is 95.9 Å². The molecule has 1 saturated heterocycles. The number of carbonyl (C=O) groups is 1. The molecule has 0 unspecified atom stereocenters. The molecule has 2 nitrogen and oxygen atoms in total. The van der Waals surface area contributed by atoms with Gasteiger partial charge in [-0.3, -0.25) is 4.79 Å². The van der Waals surface area contributed by atoms with Crippen LogP contribution in [0.3, 0.4) is 0 Å². The van der Waals surface area contributed by atoms with E-state index in [-0.39, 0.29) is 5.78 Å². The first kappa shape index (κ1) is 11.1. The summed E-state index contributed by atoms with van der Waals surface area (Å²) in [5, 5.41) is 0. The van der Waals surface area contributed by atoms with Gasteiger partial charge in [0, 0.05) is 13.2 Å². The summed E-state index contributed by atoms with van der Waals surface area (Å²) < 4.78 is 5.35. The summed E-state index contributed by atoms with van der Waals surface area (Å²) in [6, 6.07) is 9.96. The summed E-state index contributed by atoms with van der Waals surface area (Å²) >= 11 is 0. The molecule has 1 fully saturated rings. The Kier molecular flexibility index (Phi) is 3.20.